The molecule has 0 radical (unpaired) electrons. The van der Waals surface area contributed by atoms with Crippen molar-refractivity contribution in [3.63, 3.8) is 0 Å². The molecular formula is C14H15N5O2. The molecule has 0 amide bonds. The van der Waals surface area contributed by atoms with Crippen LogP contribution >= 0.6 is 0 Å². The van der Waals surface area contributed by atoms with Gasteiger partial charge in [-0.1, -0.05) is 19.0 Å². The molecule has 3 aromatic heterocycles. The molecule has 0 fully saturated rings. The molecule has 3 aromatic rings. The van der Waals surface area contributed by atoms with Gasteiger partial charge in [0.05, 0.1) is 12.8 Å². The predicted molar refractivity (Wildman–Crippen MR) is 75.4 cm³/mol. The Morgan fingerprint density at radius 3 is 2.95 bits per heavy atom. The van der Waals surface area contributed by atoms with Gasteiger partial charge >= 0.3 is 0 Å². The highest BCUT2D eigenvalue weighted by Crippen LogP contribution is 2.18. The molecule has 3 heterocycles. The number of nitrogens with zero attached hydrogens (tertiary/aromatic N) is 4. The Bertz CT molecular complexity index is 706. The smallest absolute Gasteiger partial charge is 0.293 e. The van der Waals surface area contributed by atoms with Gasteiger partial charge in [-0.25, -0.2) is 9.97 Å². The number of hydrogen-bond donors (Lipinski definition) is 1. The minimum Gasteiger partial charge on any atom is -0.459 e. The van der Waals surface area contributed by atoms with Crippen molar-refractivity contribution in [2.24, 2.45) is 0 Å². The molecule has 21 heavy (non-hydrogen) atoms. The van der Waals surface area contributed by atoms with Gasteiger partial charge in [-0.3, -0.25) is 0 Å². The van der Waals surface area contributed by atoms with Gasteiger partial charge in [-0.05, 0) is 18.1 Å². The van der Waals surface area contributed by atoms with E-state index >= 15 is 0 Å². The molecule has 7 nitrogen and oxygen atoms in total. The van der Waals surface area contributed by atoms with E-state index in [0.717, 1.165) is 11.5 Å². The first-order valence-corrected chi connectivity index (χ1v) is 6.64. The van der Waals surface area contributed by atoms with E-state index in [2.05, 4.69) is 39.3 Å². The van der Waals surface area contributed by atoms with E-state index in [1.807, 2.05) is 6.07 Å². The molecule has 0 bridgehead atoms. The Hall–Kier alpha value is -2.70. The van der Waals surface area contributed by atoms with Gasteiger partial charge in [0.15, 0.2) is 11.6 Å². The molecule has 0 aliphatic carbocycles. The molecule has 0 aliphatic heterocycles. The lowest BCUT2D eigenvalue weighted by atomic mass is 10.1. The van der Waals surface area contributed by atoms with Crippen LogP contribution in [-0.2, 0) is 6.54 Å². The van der Waals surface area contributed by atoms with Crippen LogP contribution in [0.25, 0.3) is 11.7 Å². The largest absolute Gasteiger partial charge is 0.459 e. The highest BCUT2D eigenvalue weighted by Gasteiger charge is 2.11. The first-order valence-electron chi connectivity index (χ1n) is 6.64. The molecule has 7 heteroatoms. The number of rotatable bonds is 5. The van der Waals surface area contributed by atoms with Gasteiger partial charge in [0.2, 0.25) is 0 Å². The average Bonchev–Trinajstić information content (AvgIpc) is 3.16. The van der Waals surface area contributed by atoms with Crippen molar-refractivity contribution in [2.75, 3.05) is 5.32 Å². The summed E-state index contributed by atoms with van der Waals surface area (Å²) >= 11 is 0. The van der Waals surface area contributed by atoms with Crippen LogP contribution in [0.1, 0.15) is 31.3 Å². The Labute approximate surface area is 121 Å². The zero-order valence-corrected chi connectivity index (χ0v) is 11.8. The van der Waals surface area contributed by atoms with Gasteiger partial charge in [-0.2, -0.15) is 4.98 Å². The summed E-state index contributed by atoms with van der Waals surface area (Å²) in [6.45, 7) is 4.58. The molecule has 0 aliphatic rings. The van der Waals surface area contributed by atoms with E-state index in [0.29, 0.717) is 29.9 Å². The molecular weight excluding hydrogens is 270 g/mol. The van der Waals surface area contributed by atoms with Crippen molar-refractivity contribution in [2.45, 2.75) is 26.3 Å². The topological polar surface area (TPSA) is 89.9 Å². The normalized spacial score (nSPS) is 11.0. The van der Waals surface area contributed by atoms with Crippen molar-refractivity contribution in [3.8, 4) is 11.7 Å². The second-order valence-corrected chi connectivity index (χ2v) is 4.83. The van der Waals surface area contributed by atoms with E-state index in [4.69, 9.17) is 8.94 Å². The lowest BCUT2D eigenvalue weighted by Gasteiger charge is -2.06. The van der Waals surface area contributed by atoms with Gasteiger partial charge < -0.3 is 14.3 Å². The number of furan rings is 1. The van der Waals surface area contributed by atoms with Crippen LogP contribution in [0, 0.1) is 0 Å². The Balaban J connectivity index is 1.67. The maximum Gasteiger partial charge on any atom is 0.293 e. The fourth-order valence-electron chi connectivity index (χ4n) is 1.78. The van der Waals surface area contributed by atoms with E-state index in [1.165, 1.54) is 0 Å². The number of hydrogen-bond acceptors (Lipinski definition) is 7. The molecule has 0 spiro atoms. The van der Waals surface area contributed by atoms with Gasteiger partial charge in [-0.15, -0.1) is 0 Å². The van der Waals surface area contributed by atoms with Gasteiger partial charge in [0, 0.05) is 11.8 Å². The van der Waals surface area contributed by atoms with Crippen molar-refractivity contribution < 1.29 is 8.94 Å². The van der Waals surface area contributed by atoms with Crippen molar-refractivity contribution in [1.82, 2.24) is 20.1 Å². The summed E-state index contributed by atoms with van der Waals surface area (Å²) in [5.41, 5.74) is 0.983. The van der Waals surface area contributed by atoms with Gasteiger partial charge in [0.25, 0.3) is 5.89 Å². The van der Waals surface area contributed by atoms with Crippen molar-refractivity contribution >= 4 is 5.82 Å². The minimum absolute atomic E-state index is 0.351. The van der Waals surface area contributed by atoms with Crippen LogP contribution in [0.3, 0.4) is 0 Å². The van der Waals surface area contributed by atoms with Crippen LogP contribution in [0.4, 0.5) is 5.82 Å². The maximum absolute atomic E-state index is 5.20. The number of aromatic nitrogens is 4. The SMILES string of the molecule is CC(C)c1cc(NCc2noc(-c3ccco3)n2)ncn1. The monoisotopic (exact) mass is 285 g/mol. The first kappa shape index (κ1) is 13.3. The van der Waals surface area contributed by atoms with Crippen molar-refractivity contribution in [1.29, 1.82) is 0 Å². The van der Waals surface area contributed by atoms with E-state index in [1.54, 1.807) is 24.7 Å². The molecule has 0 aromatic carbocycles. The third-order valence-electron chi connectivity index (χ3n) is 2.91. The zero-order chi connectivity index (χ0) is 14.7. The standard InChI is InChI=1S/C14H15N5O2/c1-9(2)10-6-12(17-8-16-10)15-7-13-18-14(21-19-13)11-4-3-5-20-11/h3-6,8-9H,7H2,1-2H3,(H,15,16,17). The first-order chi connectivity index (χ1) is 10.2. The fourth-order valence-corrected chi connectivity index (χ4v) is 1.78. The van der Waals surface area contributed by atoms with Gasteiger partial charge in [0.1, 0.15) is 12.1 Å². The Kier molecular flexibility index (Phi) is 3.63. The summed E-state index contributed by atoms with van der Waals surface area (Å²) in [5.74, 6) is 2.54. The second-order valence-electron chi connectivity index (χ2n) is 4.83. The summed E-state index contributed by atoms with van der Waals surface area (Å²) in [6, 6.07) is 5.45. The van der Waals surface area contributed by atoms with Crippen LogP contribution in [0.2, 0.25) is 0 Å². The summed E-state index contributed by atoms with van der Waals surface area (Å²) in [6.07, 6.45) is 3.11. The quantitative estimate of drug-likeness (QED) is 0.770. The predicted octanol–water partition coefficient (Wildman–Crippen LogP) is 2.86. The Morgan fingerprint density at radius 1 is 1.29 bits per heavy atom. The third kappa shape index (κ3) is 3.07. The van der Waals surface area contributed by atoms with Crippen LogP contribution in [-0.4, -0.2) is 20.1 Å². The Morgan fingerprint density at radius 2 is 2.19 bits per heavy atom. The molecule has 108 valence electrons. The van der Waals surface area contributed by atoms with Crippen LogP contribution < -0.4 is 5.32 Å². The molecule has 0 atom stereocenters. The van der Waals surface area contributed by atoms with E-state index in [9.17, 15) is 0 Å². The van der Waals surface area contributed by atoms with Crippen molar-refractivity contribution in [3.05, 3.63) is 42.3 Å². The minimum atomic E-state index is 0.351. The maximum atomic E-state index is 5.20. The number of nitrogens with one attached hydrogen (secondary N) is 1. The second kappa shape index (κ2) is 5.74. The lowest BCUT2D eigenvalue weighted by molar-refractivity contribution is 0.410. The summed E-state index contributed by atoms with van der Waals surface area (Å²) in [7, 11) is 0. The molecule has 3 rings (SSSR count). The van der Waals surface area contributed by atoms with E-state index in [-0.39, 0.29) is 0 Å². The molecule has 0 unspecified atom stereocenters. The average molecular weight is 285 g/mol. The fraction of sp³-hybridized carbons (Fsp3) is 0.286. The molecule has 0 saturated carbocycles. The highest BCUT2D eigenvalue weighted by atomic mass is 16.5. The third-order valence-corrected chi connectivity index (χ3v) is 2.91. The molecule has 1 N–H and O–H groups in total. The highest BCUT2D eigenvalue weighted by molar-refractivity contribution is 5.43. The summed E-state index contributed by atoms with van der Waals surface area (Å²) in [5, 5.41) is 7.04. The van der Waals surface area contributed by atoms with Crippen LogP contribution in [0.5, 0.6) is 0 Å². The van der Waals surface area contributed by atoms with Crippen LogP contribution in [0.15, 0.2) is 39.7 Å². The summed E-state index contributed by atoms with van der Waals surface area (Å²) in [4.78, 5) is 12.6. The zero-order valence-electron chi connectivity index (χ0n) is 11.8. The van der Waals surface area contributed by atoms with E-state index < -0.39 is 0 Å². The number of anilines is 1. The lowest BCUT2D eigenvalue weighted by Crippen LogP contribution is -2.04. The summed E-state index contributed by atoms with van der Waals surface area (Å²) < 4.78 is 10.3. The molecule has 0 saturated heterocycles.